The molecule has 2 fully saturated rings. The first-order valence-corrected chi connectivity index (χ1v) is 13.9. The van der Waals surface area contributed by atoms with Crippen molar-refractivity contribution in [2.24, 2.45) is 17.8 Å². The van der Waals surface area contributed by atoms with E-state index in [0.717, 1.165) is 50.9 Å². The lowest BCUT2D eigenvalue weighted by molar-refractivity contribution is -0.155. The zero-order chi connectivity index (χ0) is 27.2. The molecule has 8 heteroatoms. The fourth-order valence-corrected chi connectivity index (χ4v) is 5.19. The van der Waals surface area contributed by atoms with E-state index in [9.17, 15) is 19.6 Å². The van der Waals surface area contributed by atoms with Crippen LogP contribution in [0.3, 0.4) is 0 Å². The highest BCUT2D eigenvalue weighted by molar-refractivity contribution is 5.86. The van der Waals surface area contributed by atoms with Crippen molar-refractivity contribution in [1.82, 2.24) is 15.3 Å². The van der Waals surface area contributed by atoms with Gasteiger partial charge in [0, 0.05) is 31.9 Å². The lowest BCUT2D eigenvalue weighted by Crippen LogP contribution is -2.44. The molecule has 37 heavy (non-hydrogen) atoms. The van der Waals surface area contributed by atoms with Crippen molar-refractivity contribution >= 4 is 23.9 Å². The number of nitrogens with one attached hydrogen (secondary N) is 1. The van der Waals surface area contributed by atoms with Crippen LogP contribution < -0.4 is 10.2 Å². The molecule has 1 heterocycles. The second kappa shape index (κ2) is 16.3. The number of amides is 3. The first kappa shape index (κ1) is 30.6. The van der Waals surface area contributed by atoms with Crippen LogP contribution >= 0.6 is 0 Å². The average Bonchev–Trinajstić information content (AvgIpc) is 3.27. The Kier molecular flexibility index (Phi) is 13.5. The Morgan fingerprint density at radius 2 is 1.70 bits per heavy atom. The van der Waals surface area contributed by atoms with Crippen molar-refractivity contribution in [2.45, 2.75) is 78.2 Å². The van der Waals surface area contributed by atoms with Crippen LogP contribution in [0.15, 0.2) is 30.3 Å². The zero-order valence-corrected chi connectivity index (χ0v) is 23.3. The molecular formula is C29H48N4O4. The highest BCUT2D eigenvalue weighted by Gasteiger charge is 2.28. The number of carbonyl (C=O) groups is 3. The predicted molar refractivity (Wildman–Crippen MR) is 147 cm³/mol. The van der Waals surface area contributed by atoms with Crippen LogP contribution in [0.5, 0.6) is 0 Å². The molecule has 2 unspecified atom stereocenters. The summed E-state index contributed by atoms with van der Waals surface area (Å²) in [6.07, 6.45) is 8.22. The van der Waals surface area contributed by atoms with Gasteiger partial charge in [-0.3, -0.25) is 19.6 Å². The molecule has 0 radical (unpaired) electrons. The SMILES string of the molecule is CC(C)C.CN(c1ccccc1)C1CCCN(C(=O)CNC(=O)C(CC2CCCC2)CN(O)C=O)CC1. The molecule has 1 aliphatic carbocycles. The Balaban J connectivity index is 0.00000112. The topological polar surface area (TPSA) is 93.2 Å². The number of hydrogen-bond donors (Lipinski definition) is 2. The number of benzene rings is 1. The van der Waals surface area contributed by atoms with Crippen molar-refractivity contribution < 1.29 is 19.6 Å². The summed E-state index contributed by atoms with van der Waals surface area (Å²) < 4.78 is 0. The first-order chi connectivity index (χ1) is 17.7. The summed E-state index contributed by atoms with van der Waals surface area (Å²) in [7, 11) is 2.10. The fourth-order valence-electron chi connectivity index (χ4n) is 5.19. The van der Waals surface area contributed by atoms with Gasteiger partial charge < -0.3 is 15.1 Å². The van der Waals surface area contributed by atoms with Crippen molar-refractivity contribution in [3.63, 3.8) is 0 Å². The second-order valence-corrected chi connectivity index (χ2v) is 11.2. The smallest absolute Gasteiger partial charge is 0.241 e. The van der Waals surface area contributed by atoms with Crippen LogP contribution in [0.4, 0.5) is 5.69 Å². The van der Waals surface area contributed by atoms with E-state index < -0.39 is 5.92 Å². The maximum Gasteiger partial charge on any atom is 0.241 e. The maximum atomic E-state index is 12.8. The summed E-state index contributed by atoms with van der Waals surface area (Å²) in [6, 6.07) is 10.6. The van der Waals surface area contributed by atoms with E-state index in [1.165, 1.54) is 5.69 Å². The van der Waals surface area contributed by atoms with Crippen molar-refractivity contribution in [2.75, 3.05) is 38.1 Å². The highest BCUT2D eigenvalue weighted by atomic mass is 16.5. The molecule has 1 aliphatic heterocycles. The van der Waals surface area contributed by atoms with Crippen LogP contribution in [0, 0.1) is 17.8 Å². The van der Waals surface area contributed by atoms with E-state index in [4.69, 9.17) is 0 Å². The van der Waals surface area contributed by atoms with Gasteiger partial charge in [0.1, 0.15) is 0 Å². The standard InChI is InChI=1S/C25H38N4O4.C4H10/c1-27(22-10-3-2-4-11-22)23-12-7-14-28(15-13-23)24(31)17-26-25(32)21(18-29(33)19-30)16-20-8-5-6-9-20;1-4(2)3/h2-4,10-11,19-21,23,33H,5-9,12-18H2,1H3,(H,26,32);4H,1-3H3. The number of para-hydroxylation sites is 1. The van der Waals surface area contributed by atoms with Gasteiger partial charge >= 0.3 is 0 Å². The minimum atomic E-state index is -0.510. The van der Waals surface area contributed by atoms with Gasteiger partial charge in [0.15, 0.2) is 0 Å². The molecule has 8 nitrogen and oxygen atoms in total. The Bertz CT molecular complexity index is 811. The van der Waals surface area contributed by atoms with Gasteiger partial charge in [-0.25, -0.2) is 5.06 Å². The Morgan fingerprint density at radius 3 is 2.32 bits per heavy atom. The van der Waals surface area contributed by atoms with E-state index in [0.29, 0.717) is 42.9 Å². The summed E-state index contributed by atoms with van der Waals surface area (Å²) in [5.41, 5.74) is 1.18. The molecule has 0 bridgehead atoms. The average molecular weight is 517 g/mol. The molecule has 2 atom stereocenters. The molecule has 1 saturated heterocycles. The molecule has 0 spiro atoms. The normalized spacial score (nSPS) is 18.9. The minimum absolute atomic E-state index is 0.0444. The van der Waals surface area contributed by atoms with Gasteiger partial charge in [-0.05, 0) is 49.7 Å². The van der Waals surface area contributed by atoms with Gasteiger partial charge in [0.05, 0.1) is 19.0 Å². The molecule has 2 N–H and O–H groups in total. The van der Waals surface area contributed by atoms with Gasteiger partial charge in [0.25, 0.3) is 0 Å². The van der Waals surface area contributed by atoms with E-state index in [1.54, 1.807) is 0 Å². The Labute approximate surface area is 223 Å². The maximum absolute atomic E-state index is 12.8. The quantitative estimate of drug-likeness (QED) is 0.274. The number of carbonyl (C=O) groups excluding carboxylic acids is 3. The molecule has 2 aliphatic rings. The largest absolute Gasteiger partial charge is 0.372 e. The fraction of sp³-hybridized carbons (Fsp3) is 0.690. The van der Waals surface area contributed by atoms with Crippen molar-refractivity contribution in [3.8, 4) is 0 Å². The van der Waals surface area contributed by atoms with Crippen LogP contribution in [-0.4, -0.2) is 72.7 Å². The first-order valence-electron chi connectivity index (χ1n) is 13.9. The summed E-state index contributed by atoms with van der Waals surface area (Å²) in [6.45, 7) is 7.76. The third-order valence-electron chi connectivity index (χ3n) is 7.17. The zero-order valence-electron chi connectivity index (χ0n) is 23.3. The van der Waals surface area contributed by atoms with E-state index in [2.05, 4.69) is 50.2 Å². The molecule has 1 saturated carbocycles. The molecule has 1 aromatic rings. The monoisotopic (exact) mass is 516 g/mol. The number of rotatable bonds is 10. The van der Waals surface area contributed by atoms with E-state index in [1.807, 2.05) is 23.1 Å². The predicted octanol–water partition coefficient (Wildman–Crippen LogP) is 4.33. The molecular weight excluding hydrogens is 468 g/mol. The Hall–Kier alpha value is -2.61. The summed E-state index contributed by atoms with van der Waals surface area (Å²) in [5.74, 6) is 0.402. The van der Waals surface area contributed by atoms with E-state index >= 15 is 0 Å². The third kappa shape index (κ3) is 11.1. The highest BCUT2D eigenvalue weighted by Crippen LogP contribution is 2.30. The molecule has 3 amide bonds. The van der Waals surface area contributed by atoms with Crippen molar-refractivity contribution in [1.29, 1.82) is 0 Å². The van der Waals surface area contributed by atoms with E-state index in [-0.39, 0.29) is 24.9 Å². The van der Waals surface area contributed by atoms with Gasteiger partial charge in [-0.15, -0.1) is 0 Å². The molecule has 3 rings (SSSR count). The van der Waals surface area contributed by atoms with Crippen LogP contribution in [0.25, 0.3) is 0 Å². The lowest BCUT2D eigenvalue weighted by atomic mass is 9.92. The Morgan fingerprint density at radius 1 is 1.05 bits per heavy atom. The molecule has 1 aromatic carbocycles. The number of anilines is 1. The van der Waals surface area contributed by atoms with Gasteiger partial charge in [-0.1, -0.05) is 64.7 Å². The van der Waals surface area contributed by atoms with Crippen molar-refractivity contribution in [3.05, 3.63) is 30.3 Å². The summed E-state index contributed by atoms with van der Waals surface area (Å²) in [5, 5.41) is 12.9. The minimum Gasteiger partial charge on any atom is -0.372 e. The van der Waals surface area contributed by atoms with Crippen LogP contribution in [0.2, 0.25) is 0 Å². The third-order valence-corrected chi connectivity index (χ3v) is 7.17. The number of likely N-dealkylation sites (tertiary alicyclic amines) is 1. The second-order valence-electron chi connectivity index (χ2n) is 11.2. The van der Waals surface area contributed by atoms with Crippen LogP contribution in [-0.2, 0) is 14.4 Å². The number of hydroxylamine groups is 2. The summed E-state index contributed by atoms with van der Waals surface area (Å²) in [4.78, 5) is 40.6. The van der Waals surface area contributed by atoms with Gasteiger partial charge in [0.2, 0.25) is 18.2 Å². The molecule has 208 valence electrons. The van der Waals surface area contributed by atoms with Crippen LogP contribution in [0.1, 0.15) is 72.1 Å². The lowest BCUT2D eigenvalue weighted by Gasteiger charge is -2.29. The summed E-state index contributed by atoms with van der Waals surface area (Å²) >= 11 is 0. The number of hydrogen-bond acceptors (Lipinski definition) is 5. The van der Waals surface area contributed by atoms with Gasteiger partial charge in [-0.2, -0.15) is 0 Å². The number of nitrogens with zero attached hydrogens (tertiary/aromatic N) is 3. The molecule has 0 aromatic heterocycles.